The van der Waals surface area contributed by atoms with Crippen LogP contribution in [-0.4, -0.2) is 28.9 Å². The summed E-state index contributed by atoms with van der Waals surface area (Å²) in [4.78, 5) is 14.1. The van der Waals surface area contributed by atoms with Crippen LogP contribution in [0, 0.1) is 5.41 Å². The van der Waals surface area contributed by atoms with Crippen LogP contribution >= 0.6 is 12.2 Å². The minimum atomic E-state index is -0.376. The molecule has 0 aliphatic carbocycles. The highest BCUT2D eigenvalue weighted by Gasteiger charge is 2.26. The molecule has 0 radical (unpaired) electrons. The Bertz CT molecular complexity index is 256. The third kappa shape index (κ3) is 5.52. The molecule has 0 bridgehead atoms. The Labute approximate surface area is 97.3 Å². The zero-order valence-electron chi connectivity index (χ0n) is 9.75. The second-order valence-electron chi connectivity index (χ2n) is 4.51. The molecule has 0 aliphatic heterocycles. The molecule has 4 heteroatoms. The molecule has 0 unspecified atom stereocenters. The van der Waals surface area contributed by atoms with Crippen LogP contribution in [0.15, 0.2) is 12.7 Å². The second kappa shape index (κ2) is 5.85. The lowest BCUT2D eigenvalue weighted by molar-refractivity contribution is -0.138. The summed E-state index contributed by atoms with van der Waals surface area (Å²) in [5.74, 6) is 0.0960. The zero-order valence-corrected chi connectivity index (χ0v) is 10.6. The zero-order chi connectivity index (χ0) is 12.1. The maximum absolute atomic E-state index is 12.0. The lowest BCUT2D eigenvalue weighted by atomic mass is 9.94. The van der Waals surface area contributed by atoms with Crippen LogP contribution in [0.2, 0.25) is 0 Å². The Morgan fingerprint density at radius 3 is 2.40 bits per heavy atom. The van der Waals surface area contributed by atoms with Crippen molar-refractivity contribution in [3.05, 3.63) is 12.7 Å². The van der Waals surface area contributed by atoms with Crippen LogP contribution in [0.5, 0.6) is 0 Å². The number of hydrogen-bond donors (Lipinski definition) is 1. The molecule has 0 aliphatic rings. The summed E-state index contributed by atoms with van der Waals surface area (Å²) in [7, 11) is 0. The van der Waals surface area contributed by atoms with E-state index < -0.39 is 0 Å². The van der Waals surface area contributed by atoms with E-state index in [0.717, 1.165) is 0 Å². The molecule has 0 aromatic rings. The van der Waals surface area contributed by atoms with Gasteiger partial charge in [-0.2, -0.15) is 0 Å². The Balaban J connectivity index is 4.45. The van der Waals surface area contributed by atoms with Gasteiger partial charge in [-0.1, -0.05) is 39.1 Å². The van der Waals surface area contributed by atoms with E-state index in [1.165, 1.54) is 0 Å². The predicted molar refractivity (Wildman–Crippen MR) is 67.6 cm³/mol. The molecular weight excluding hydrogens is 208 g/mol. The predicted octanol–water partition coefficient (Wildman–Crippen LogP) is 1.72. The van der Waals surface area contributed by atoms with E-state index in [9.17, 15) is 4.79 Å². The molecule has 1 amide bonds. The third-order valence-electron chi connectivity index (χ3n) is 1.91. The number of nitrogens with zero attached hydrogens (tertiary/aromatic N) is 1. The van der Waals surface area contributed by atoms with Crippen molar-refractivity contribution >= 4 is 23.1 Å². The van der Waals surface area contributed by atoms with Crippen LogP contribution in [0.25, 0.3) is 0 Å². The van der Waals surface area contributed by atoms with Crippen LogP contribution in [0.4, 0.5) is 0 Å². The number of rotatable bonds is 5. The smallest absolute Gasteiger partial charge is 0.228 e. The average molecular weight is 228 g/mol. The van der Waals surface area contributed by atoms with E-state index in [-0.39, 0.29) is 11.3 Å². The third-order valence-corrected chi connectivity index (χ3v) is 2.11. The summed E-state index contributed by atoms with van der Waals surface area (Å²) in [6, 6.07) is 0. The Hall–Kier alpha value is -0.900. The Morgan fingerprint density at radius 1 is 1.53 bits per heavy atom. The lowest BCUT2D eigenvalue weighted by Gasteiger charge is -2.28. The molecular formula is C11H20N2OS. The molecule has 0 saturated carbocycles. The highest BCUT2D eigenvalue weighted by molar-refractivity contribution is 7.80. The molecule has 0 fully saturated rings. The van der Waals surface area contributed by atoms with Gasteiger partial charge in [0.1, 0.15) is 0 Å². The van der Waals surface area contributed by atoms with Gasteiger partial charge >= 0.3 is 0 Å². The fraction of sp³-hybridized carbons (Fsp3) is 0.636. The molecule has 0 saturated heterocycles. The van der Waals surface area contributed by atoms with Crippen molar-refractivity contribution in [3.8, 4) is 0 Å². The van der Waals surface area contributed by atoms with Crippen LogP contribution in [0.3, 0.4) is 0 Å². The largest absolute Gasteiger partial charge is 0.393 e. The standard InChI is InChI=1S/C11H20N2OS/c1-5-7-13(8-6-9(12)15)10(14)11(2,3)4/h5H,1,6-8H2,2-4H3,(H2,12,15). The van der Waals surface area contributed by atoms with Crippen LogP contribution in [0.1, 0.15) is 27.2 Å². The summed E-state index contributed by atoms with van der Waals surface area (Å²) in [5, 5.41) is 0. The normalized spacial score (nSPS) is 10.9. The van der Waals surface area contributed by atoms with Gasteiger partial charge in [0.25, 0.3) is 0 Å². The van der Waals surface area contributed by atoms with Gasteiger partial charge in [-0.05, 0) is 0 Å². The maximum atomic E-state index is 12.0. The summed E-state index contributed by atoms with van der Waals surface area (Å²) in [5.41, 5.74) is 5.04. The minimum Gasteiger partial charge on any atom is -0.393 e. The van der Waals surface area contributed by atoms with E-state index in [4.69, 9.17) is 18.0 Å². The van der Waals surface area contributed by atoms with Gasteiger partial charge in [0.2, 0.25) is 5.91 Å². The topological polar surface area (TPSA) is 46.3 Å². The van der Waals surface area contributed by atoms with E-state index >= 15 is 0 Å². The molecule has 0 heterocycles. The lowest BCUT2D eigenvalue weighted by Crippen LogP contribution is -2.41. The quantitative estimate of drug-likeness (QED) is 0.576. The van der Waals surface area contributed by atoms with Crippen LogP contribution < -0.4 is 5.73 Å². The van der Waals surface area contributed by atoms with Gasteiger partial charge in [0, 0.05) is 24.9 Å². The van der Waals surface area contributed by atoms with Crippen molar-refractivity contribution in [1.29, 1.82) is 0 Å². The highest BCUT2D eigenvalue weighted by Crippen LogP contribution is 2.17. The first-order chi connectivity index (χ1) is 6.79. The van der Waals surface area contributed by atoms with Crippen LogP contribution in [-0.2, 0) is 4.79 Å². The summed E-state index contributed by atoms with van der Waals surface area (Å²) < 4.78 is 0. The highest BCUT2D eigenvalue weighted by atomic mass is 32.1. The number of hydrogen-bond acceptors (Lipinski definition) is 2. The fourth-order valence-corrected chi connectivity index (χ4v) is 1.24. The fourth-order valence-electron chi connectivity index (χ4n) is 1.15. The Kier molecular flexibility index (Phi) is 5.50. The first-order valence-electron chi connectivity index (χ1n) is 4.97. The van der Waals surface area contributed by atoms with Gasteiger partial charge in [-0.3, -0.25) is 4.79 Å². The molecule has 0 aromatic heterocycles. The van der Waals surface area contributed by atoms with E-state index in [2.05, 4.69) is 6.58 Å². The van der Waals surface area contributed by atoms with Crippen molar-refractivity contribution in [2.24, 2.45) is 11.1 Å². The molecule has 0 spiro atoms. The van der Waals surface area contributed by atoms with Gasteiger partial charge in [0.05, 0.1) is 4.99 Å². The average Bonchev–Trinajstić information content (AvgIpc) is 2.09. The van der Waals surface area contributed by atoms with Crippen molar-refractivity contribution in [3.63, 3.8) is 0 Å². The minimum absolute atomic E-state index is 0.0960. The van der Waals surface area contributed by atoms with Gasteiger partial charge in [0.15, 0.2) is 0 Å². The maximum Gasteiger partial charge on any atom is 0.228 e. The first kappa shape index (κ1) is 14.1. The van der Waals surface area contributed by atoms with E-state index in [1.807, 2.05) is 20.8 Å². The summed E-state index contributed by atoms with van der Waals surface area (Å²) in [6.45, 7) is 10.4. The molecule has 3 nitrogen and oxygen atoms in total. The number of thiocarbonyl (C=S) groups is 1. The van der Waals surface area contributed by atoms with Crippen molar-refractivity contribution in [2.45, 2.75) is 27.2 Å². The van der Waals surface area contributed by atoms with Crippen molar-refractivity contribution in [2.75, 3.05) is 13.1 Å². The summed E-state index contributed by atoms with van der Waals surface area (Å²) in [6.07, 6.45) is 2.27. The molecule has 86 valence electrons. The molecule has 2 N–H and O–H groups in total. The number of carbonyl (C=O) groups is 1. The molecule has 0 atom stereocenters. The van der Waals surface area contributed by atoms with E-state index in [0.29, 0.717) is 24.5 Å². The SMILES string of the molecule is C=CCN(CCC(N)=S)C(=O)C(C)(C)C. The van der Waals surface area contributed by atoms with Crippen molar-refractivity contribution < 1.29 is 4.79 Å². The number of amides is 1. The Morgan fingerprint density at radius 2 is 2.07 bits per heavy atom. The van der Waals surface area contributed by atoms with Gasteiger partial charge < -0.3 is 10.6 Å². The van der Waals surface area contributed by atoms with E-state index in [1.54, 1.807) is 11.0 Å². The molecule has 15 heavy (non-hydrogen) atoms. The molecule has 0 rings (SSSR count). The monoisotopic (exact) mass is 228 g/mol. The molecule has 0 aromatic carbocycles. The second-order valence-corrected chi connectivity index (χ2v) is 5.03. The van der Waals surface area contributed by atoms with Gasteiger partial charge in [-0.25, -0.2) is 0 Å². The van der Waals surface area contributed by atoms with Crippen molar-refractivity contribution in [1.82, 2.24) is 4.90 Å². The number of carbonyl (C=O) groups excluding carboxylic acids is 1. The van der Waals surface area contributed by atoms with Gasteiger partial charge in [-0.15, -0.1) is 6.58 Å². The summed E-state index contributed by atoms with van der Waals surface area (Å²) >= 11 is 4.79. The first-order valence-corrected chi connectivity index (χ1v) is 5.38. The number of nitrogens with two attached hydrogens (primary N) is 1.